The van der Waals surface area contributed by atoms with Gasteiger partial charge in [-0.3, -0.25) is 9.59 Å². The molecule has 110 valence electrons. The smallest absolute Gasteiger partial charge is 0.303 e. The van der Waals surface area contributed by atoms with E-state index in [2.05, 4.69) is 5.32 Å². The van der Waals surface area contributed by atoms with Gasteiger partial charge in [-0.15, -0.1) is 0 Å². The Labute approximate surface area is 119 Å². The van der Waals surface area contributed by atoms with E-state index in [1.54, 1.807) is 6.92 Å². The topological polar surface area (TPSA) is 92.4 Å². The van der Waals surface area contributed by atoms with Crippen LogP contribution in [0, 0.1) is 5.92 Å². The molecule has 1 rings (SSSR count). The van der Waals surface area contributed by atoms with Gasteiger partial charge in [0.15, 0.2) is 0 Å². The quantitative estimate of drug-likeness (QED) is 0.665. The fourth-order valence-electron chi connectivity index (χ4n) is 1.87. The molecule has 0 aliphatic rings. The normalized spacial score (nSPS) is 13.5. The molecule has 0 spiro atoms. The molecular weight excluding hydrogens is 256 g/mol. The number of benzene rings is 1. The number of amides is 1. The molecule has 1 unspecified atom stereocenters. The third kappa shape index (κ3) is 6.33. The van der Waals surface area contributed by atoms with Gasteiger partial charge in [-0.2, -0.15) is 0 Å². The number of aliphatic carboxylic acids is 1. The molecule has 5 nitrogen and oxygen atoms in total. The van der Waals surface area contributed by atoms with E-state index >= 15 is 0 Å². The Kier molecular flexibility index (Phi) is 6.73. The van der Waals surface area contributed by atoms with E-state index in [0.29, 0.717) is 13.0 Å². The zero-order valence-corrected chi connectivity index (χ0v) is 11.7. The van der Waals surface area contributed by atoms with Crippen molar-refractivity contribution in [2.24, 2.45) is 11.7 Å². The molecular formula is C15H22N2O3. The van der Waals surface area contributed by atoms with Crippen LogP contribution in [0.25, 0.3) is 0 Å². The summed E-state index contributed by atoms with van der Waals surface area (Å²) in [5.74, 6) is -1.18. The minimum Gasteiger partial charge on any atom is -0.481 e. The Morgan fingerprint density at radius 3 is 2.55 bits per heavy atom. The summed E-state index contributed by atoms with van der Waals surface area (Å²) >= 11 is 0. The lowest BCUT2D eigenvalue weighted by atomic mass is 10.0. The number of hydrogen-bond acceptors (Lipinski definition) is 3. The van der Waals surface area contributed by atoms with Crippen molar-refractivity contribution in [3.63, 3.8) is 0 Å². The SMILES string of the molecule is CC(CNC(=O)[C@@H](N)CCc1ccccc1)CC(=O)O. The van der Waals surface area contributed by atoms with Gasteiger partial charge in [0.2, 0.25) is 5.91 Å². The number of nitrogens with two attached hydrogens (primary N) is 1. The summed E-state index contributed by atoms with van der Waals surface area (Å²) in [6.45, 7) is 2.12. The Bertz CT molecular complexity index is 434. The molecule has 0 fully saturated rings. The second kappa shape index (κ2) is 8.32. The van der Waals surface area contributed by atoms with Crippen molar-refractivity contribution < 1.29 is 14.7 Å². The molecule has 0 radical (unpaired) electrons. The lowest BCUT2D eigenvalue weighted by molar-refractivity contribution is -0.138. The Morgan fingerprint density at radius 1 is 1.30 bits per heavy atom. The molecule has 0 aliphatic carbocycles. The minimum atomic E-state index is -0.861. The van der Waals surface area contributed by atoms with Crippen LogP contribution < -0.4 is 11.1 Å². The van der Waals surface area contributed by atoms with Crippen LogP contribution >= 0.6 is 0 Å². The molecule has 0 bridgehead atoms. The van der Waals surface area contributed by atoms with Crippen molar-refractivity contribution in [1.82, 2.24) is 5.32 Å². The van der Waals surface area contributed by atoms with Crippen LogP contribution in [0.2, 0.25) is 0 Å². The summed E-state index contributed by atoms with van der Waals surface area (Å²) in [6, 6.07) is 9.29. The van der Waals surface area contributed by atoms with Gasteiger partial charge in [0.25, 0.3) is 0 Å². The first-order chi connectivity index (χ1) is 9.49. The van der Waals surface area contributed by atoms with Crippen LogP contribution in [0.3, 0.4) is 0 Å². The number of carboxylic acid groups (broad SMARTS) is 1. The summed E-state index contributed by atoms with van der Waals surface area (Å²) < 4.78 is 0. The van der Waals surface area contributed by atoms with Crippen LogP contribution in [-0.4, -0.2) is 29.6 Å². The average molecular weight is 278 g/mol. The maximum absolute atomic E-state index is 11.8. The first kappa shape index (κ1) is 16.2. The van der Waals surface area contributed by atoms with E-state index in [-0.39, 0.29) is 18.2 Å². The lowest BCUT2D eigenvalue weighted by Gasteiger charge is -2.14. The molecule has 1 aromatic rings. The van der Waals surface area contributed by atoms with Crippen molar-refractivity contribution in [3.8, 4) is 0 Å². The van der Waals surface area contributed by atoms with Gasteiger partial charge in [-0.05, 0) is 24.3 Å². The molecule has 5 heteroatoms. The highest BCUT2D eigenvalue weighted by Crippen LogP contribution is 2.04. The standard InChI is InChI=1S/C15H22N2O3/c1-11(9-14(18)19)10-17-15(20)13(16)8-7-12-5-3-2-4-6-12/h2-6,11,13H,7-10,16H2,1H3,(H,17,20)(H,18,19)/t11?,13-/m0/s1. The highest BCUT2D eigenvalue weighted by atomic mass is 16.4. The van der Waals surface area contributed by atoms with Crippen LogP contribution in [0.5, 0.6) is 0 Å². The fourth-order valence-corrected chi connectivity index (χ4v) is 1.87. The maximum atomic E-state index is 11.8. The molecule has 0 saturated carbocycles. The number of nitrogens with one attached hydrogen (secondary N) is 1. The van der Waals surface area contributed by atoms with E-state index in [1.807, 2.05) is 30.3 Å². The number of carboxylic acids is 1. The fraction of sp³-hybridized carbons (Fsp3) is 0.467. The molecule has 20 heavy (non-hydrogen) atoms. The van der Waals surface area contributed by atoms with Gasteiger partial charge in [0.05, 0.1) is 6.04 Å². The second-order valence-electron chi connectivity index (χ2n) is 5.08. The van der Waals surface area contributed by atoms with Gasteiger partial charge >= 0.3 is 5.97 Å². The van der Waals surface area contributed by atoms with Crippen molar-refractivity contribution >= 4 is 11.9 Å². The molecule has 0 heterocycles. The van der Waals surface area contributed by atoms with Gasteiger partial charge in [-0.25, -0.2) is 0 Å². The van der Waals surface area contributed by atoms with Crippen LogP contribution in [0.15, 0.2) is 30.3 Å². The lowest BCUT2D eigenvalue weighted by Crippen LogP contribution is -2.42. The number of carbonyl (C=O) groups excluding carboxylic acids is 1. The molecule has 4 N–H and O–H groups in total. The zero-order chi connectivity index (χ0) is 15.0. The third-order valence-electron chi connectivity index (χ3n) is 3.07. The molecule has 1 amide bonds. The van der Waals surface area contributed by atoms with Crippen molar-refractivity contribution in [2.75, 3.05) is 6.54 Å². The Hall–Kier alpha value is -1.88. The summed E-state index contributed by atoms with van der Waals surface area (Å²) in [7, 11) is 0. The Morgan fingerprint density at radius 2 is 1.95 bits per heavy atom. The van der Waals surface area contributed by atoms with E-state index in [0.717, 1.165) is 12.0 Å². The summed E-state index contributed by atoms with van der Waals surface area (Å²) in [4.78, 5) is 22.3. The predicted molar refractivity (Wildman–Crippen MR) is 77.2 cm³/mol. The molecule has 0 saturated heterocycles. The number of rotatable bonds is 8. The largest absolute Gasteiger partial charge is 0.481 e. The Balaban J connectivity index is 2.27. The second-order valence-corrected chi connectivity index (χ2v) is 5.08. The summed E-state index contributed by atoms with van der Waals surface area (Å²) in [6.07, 6.45) is 1.36. The van der Waals surface area contributed by atoms with E-state index in [1.165, 1.54) is 0 Å². The van der Waals surface area contributed by atoms with E-state index in [4.69, 9.17) is 10.8 Å². The molecule has 1 aromatic carbocycles. The number of aryl methyl sites for hydroxylation is 1. The summed E-state index contributed by atoms with van der Waals surface area (Å²) in [5, 5.41) is 11.3. The number of hydrogen-bond donors (Lipinski definition) is 3. The number of carbonyl (C=O) groups is 2. The molecule has 2 atom stereocenters. The van der Waals surface area contributed by atoms with E-state index < -0.39 is 12.0 Å². The average Bonchev–Trinajstić information content (AvgIpc) is 2.42. The van der Waals surface area contributed by atoms with Gasteiger partial charge in [0, 0.05) is 13.0 Å². The van der Waals surface area contributed by atoms with Crippen molar-refractivity contribution in [3.05, 3.63) is 35.9 Å². The highest BCUT2D eigenvalue weighted by molar-refractivity contribution is 5.81. The van der Waals surface area contributed by atoms with Gasteiger partial charge in [-0.1, -0.05) is 37.3 Å². The van der Waals surface area contributed by atoms with Crippen LogP contribution in [0.1, 0.15) is 25.3 Å². The van der Waals surface area contributed by atoms with E-state index in [9.17, 15) is 9.59 Å². The first-order valence-electron chi connectivity index (χ1n) is 6.78. The first-order valence-corrected chi connectivity index (χ1v) is 6.78. The van der Waals surface area contributed by atoms with Gasteiger partial charge in [0.1, 0.15) is 0 Å². The highest BCUT2D eigenvalue weighted by Gasteiger charge is 2.15. The minimum absolute atomic E-state index is 0.0412. The molecule has 0 aliphatic heterocycles. The molecule has 0 aromatic heterocycles. The summed E-state index contributed by atoms with van der Waals surface area (Å²) in [5.41, 5.74) is 6.97. The van der Waals surface area contributed by atoms with Crippen molar-refractivity contribution in [1.29, 1.82) is 0 Å². The zero-order valence-electron chi connectivity index (χ0n) is 11.7. The monoisotopic (exact) mass is 278 g/mol. The third-order valence-corrected chi connectivity index (χ3v) is 3.07. The van der Waals surface area contributed by atoms with Crippen LogP contribution in [-0.2, 0) is 16.0 Å². The van der Waals surface area contributed by atoms with Gasteiger partial charge < -0.3 is 16.2 Å². The predicted octanol–water partition coefficient (Wildman–Crippen LogP) is 1.17. The maximum Gasteiger partial charge on any atom is 0.303 e. The van der Waals surface area contributed by atoms with Crippen molar-refractivity contribution in [2.45, 2.75) is 32.2 Å². The van der Waals surface area contributed by atoms with Crippen LogP contribution in [0.4, 0.5) is 0 Å².